The number of ketones is 1. The fraction of sp³-hybridized carbons (Fsp3) is 0.483. The summed E-state index contributed by atoms with van der Waals surface area (Å²) in [6, 6.07) is 10.1. The highest BCUT2D eigenvalue weighted by Crippen LogP contribution is 2.52. The summed E-state index contributed by atoms with van der Waals surface area (Å²) in [5, 5.41) is 0.688. The topological polar surface area (TPSA) is 81.9 Å². The first-order valence-electron chi connectivity index (χ1n) is 13.3. The number of hydrogen-bond donors (Lipinski definition) is 0. The summed E-state index contributed by atoms with van der Waals surface area (Å²) >= 11 is 1.42. The Kier molecular flexibility index (Phi) is 6.73. The van der Waals surface area contributed by atoms with Crippen molar-refractivity contribution in [2.24, 2.45) is 5.41 Å². The van der Waals surface area contributed by atoms with Crippen molar-refractivity contribution in [3.05, 3.63) is 59.5 Å². The summed E-state index contributed by atoms with van der Waals surface area (Å²) in [4.78, 5) is 35.4. The highest BCUT2D eigenvalue weighted by molar-refractivity contribution is 7.20. The predicted molar refractivity (Wildman–Crippen MR) is 141 cm³/mol. The molecule has 194 valence electrons. The molecule has 1 aromatic carbocycles. The number of rotatable bonds is 6. The van der Waals surface area contributed by atoms with Crippen LogP contribution in [0.4, 0.5) is 5.00 Å². The van der Waals surface area contributed by atoms with E-state index in [1.165, 1.54) is 17.6 Å². The Morgan fingerprint density at radius 3 is 2.59 bits per heavy atom. The van der Waals surface area contributed by atoms with Crippen LogP contribution in [0.2, 0.25) is 0 Å². The number of carbonyl (C=O) groups is 2. The third-order valence-electron chi connectivity index (χ3n) is 8.07. The maximum Gasteiger partial charge on any atom is 0.241 e. The molecule has 0 N–H and O–H groups in total. The van der Waals surface area contributed by atoms with Gasteiger partial charge in [-0.15, -0.1) is 11.3 Å². The average Bonchev–Trinajstić information content (AvgIpc) is 3.59. The monoisotopic (exact) mass is 520 g/mol. The molecule has 0 bridgehead atoms. The molecule has 1 unspecified atom stereocenters. The summed E-state index contributed by atoms with van der Waals surface area (Å²) in [6.45, 7) is 3.66. The van der Waals surface area contributed by atoms with Gasteiger partial charge in [0.1, 0.15) is 22.8 Å². The molecule has 1 saturated carbocycles. The molecule has 2 aliphatic heterocycles. The summed E-state index contributed by atoms with van der Waals surface area (Å²) in [5.41, 5.74) is 1.53. The lowest BCUT2D eigenvalue weighted by atomic mass is 9.66. The number of amides is 1. The van der Waals surface area contributed by atoms with E-state index in [2.05, 4.69) is 17.1 Å². The van der Waals surface area contributed by atoms with E-state index in [1.807, 2.05) is 30.0 Å². The second-order valence-corrected chi connectivity index (χ2v) is 11.3. The quantitative estimate of drug-likeness (QED) is 0.364. The lowest BCUT2D eigenvalue weighted by molar-refractivity contribution is -0.128. The van der Waals surface area contributed by atoms with Gasteiger partial charge in [-0.3, -0.25) is 14.5 Å². The van der Waals surface area contributed by atoms with Gasteiger partial charge < -0.3 is 13.9 Å². The molecule has 4 heterocycles. The molecule has 3 aliphatic rings. The fourth-order valence-electron chi connectivity index (χ4n) is 6.05. The maximum absolute atomic E-state index is 14.3. The molecular formula is C29H32N2O5S. The van der Waals surface area contributed by atoms with Crippen LogP contribution < -0.4 is 4.90 Å². The second-order valence-electron chi connectivity index (χ2n) is 10.3. The zero-order chi connectivity index (χ0) is 25.4. The number of fused-ring (bicyclic) bond motifs is 1. The van der Waals surface area contributed by atoms with E-state index in [0.717, 1.165) is 48.1 Å². The lowest BCUT2D eigenvalue weighted by Gasteiger charge is -2.43. The standard InChI is InChI=1S/C29H32N2O5S/c1-19-23-25(32)29(12-6-3-7-13-29)28(33)31(27(23)37-24(19)26-30-14-17-35-26)18-22(20-8-4-2-5-9-20)36-21-10-15-34-16-11-21/h2,4-5,8-9,14,17,21-22H,3,6-7,10-13,15-16,18H2,1H3. The highest BCUT2D eigenvalue weighted by atomic mass is 32.1. The van der Waals surface area contributed by atoms with E-state index in [0.29, 0.717) is 49.1 Å². The molecule has 1 saturated heterocycles. The molecule has 8 heteroatoms. The van der Waals surface area contributed by atoms with Gasteiger partial charge in [-0.25, -0.2) is 4.98 Å². The minimum absolute atomic E-state index is 0.0309. The van der Waals surface area contributed by atoms with Crippen LogP contribution in [-0.4, -0.2) is 42.5 Å². The molecule has 2 aromatic heterocycles. The number of benzene rings is 1. The van der Waals surface area contributed by atoms with Crippen LogP contribution >= 0.6 is 11.3 Å². The van der Waals surface area contributed by atoms with Gasteiger partial charge in [0.15, 0.2) is 5.78 Å². The summed E-state index contributed by atoms with van der Waals surface area (Å²) in [7, 11) is 0. The van der Waals surface area contributed by atoms with Gasteiger partial charge in [0, 0.05) is 13.2 Å². The van der Waals surface area contributed by atoms with E-state index >= 15 is 0 Å². The number of anilines is 1. The van der Waals surface area contributed by atoms with E-state index in [9.17, 15) is 9.59 Å². The third-order valence-corrected chi connectivity index (χ3v) is 9.37. The Bertz CT molecular complexity index is 1260. The predicted octanol–water partition coefficient (Wildman–Crippen LogP) is 6.13. The Morgan fingerprint density at radius 2 is 1.89 bits per heavy atom. The molecule has 2 fully saturated rings. The molecule has 3 aromatic rings. The van der Waals surface area contributed by atoms with Crippen LogP contribution in [0.15, 0.2) is 47.2 Å². The zero-order valence-corrected chi connectivity index (χ0v) is 21.9. The molecule has 1 atom stereocenters. The van der Waals surface area contributed by atoms with Crippen molar-refractivity contribution in [3.8, 4) is 10.8 Å². The third kappa shape index (κ3) is 4.35. The Labute approximate surface area is 220 Å². The first-order chi connectivity index (χ1) is 18.1. The van der Waals surface area contributed by atoms with Gasteiger partial charge in [0.25, 0.3) is 0 Å². The first-order valence-corrected chi connectivity index (χ1v) is 14.1. The number of thiophene rings is 1. The summed E-state index contributed by atoms with van der Waals surface area (Å²) in [5.74, 6) is 0.367. The number of hydrogen-bond acceptors (Lipinski definition) is 7. The first kappa shape index (κ1) is 24.5. The molecule has 0 radical (unpaired) electrons. The van der Waals surface area contributed by atoms with Crippen molar-refractivity contribution < 1.29 is 23.5 Å². The number of Topliss-reactive ketones (excluding diaryl/α,β-unsaturated/α-hetero) is 1. The molecule has 37 heavy (non-hydrogen) atoms. The minimum Gasteiger partial charge on any atom is -0.444 e. The number of aromatic nitrogens is 1. The summed E-state index contributed by atoms with van der Waals surface area (Å²) < 4.78 is 17.8. The van der Waals surface area contributed by atoms with E-state index < -0.39 is 5.41 Å². The van der Waals surface area contributed by atoms with Gasteiger partial charge in [-0.05, 0) is 43.7 Å². The molecule has 1 aliphatic carbocycles. The molecule has 1 amide bonds. The Morgan fingerprint density at radius 1 is 1.14 bits per heavy atom. The van der Waals surface area contributed by atoms with E-state index in [4.69, 9.17) is 13.9 Å². The van der Waals surface area contributed by atoms with Gasteiger partial charge >= 0.3 is 0 Å². The number of oxazole rings is 1. The molecular weight excluding hydrogens is 488 g/mol. The van der Waals surface area contributed by atoms with Crippen molar-refractivity contribution in [3.63, 3.8) is 0 Å². The average molecular weight is 521 g/mol. The number of ether oxygens (including phenoxy) is 2. The largest absolute Gasteiger partial charge is 0.444 e. The Hall–Kier alpha value is -2.81. The van der Waals surface area contributed by atoms with E-state index in [1.54, 1.807) is 6.20 Å². The number of carbonyl (C=O) groups excluding carboxylic acids is 2. The van der Waals surface area contributed by atoms with E-state index in [-0.39, 0.29) is 23.9 Å². The fourth-order valence-corrected chi connectivity index (χ4v) is 7.30. The SMILES string of the molecule is Cc1c(-c2ncco2)sc2c1C(=O)C1(CCCCC1)C(=O)N2CC(OC1CCOCC1)c1ccccc1. The van der Waals surface area contributed by atoms with Crippen LogP contribution in [0.3, 0.4) is 0 Å². The summed E-state index contributed by atoms with van der Waals surface area (Å²) in [6.07, 6.45) is 8.57. The minimum atomic E-state index is -0.995. The lowest BCUT2D eigenvalue weighted by Crippen LogP contribution is -2.54. The normalized spacial score (nSPS) is 20.8. The molecule has 7 nitrogen and oxygen atoms in total. The molecule has 6 rings (SSSR count). The van der Waals surface area contributed by atoms with Gasteiger partial charge in [0.05, 0.1) is 29.3 Å². The van der Waals surface area contributed by atoms with Gasteiger partial charge in [-0.2, -0.15) is 0 Å². The van der Waals surface area contributed by atoms with Crippen LogP contribution in [0.25, 0.3) is 10.8 Å². The van der Waals surface area contributed by atoms with Crippen LogP contribution in [0.1, 0.15) is 72.5 Å². The highest BCUT2D eigenvalue weighted by Gasteiger charge is 2.55. The van der Waals surface area contributed by atoms with Crippen LogP contribution in [0, 0.1) is 12.3 Å². The number of nitrogens with zero attached hydrogens (tertiary/aromatic N) is 2. The smallest absolute Gasteiger partial charge is 0.241 e. The van der Waals surface area contributed by atoms with Gasteiger partial charge in [-0.1, -0.05) is 49.6 Å². The van der Waals surface area contributed by atoms with Crippen molar-refractivity contribution >= 4 is 28.0 Å². The van der Waals surface area contributed by atoms with Crippen molar-refractivity contribution in [1.29, 1.82) is 0 Å². The zero-order valence-electron chi connectivity index (χ0n) is 21.1. The van der Waals surface area contributed by atoms with Crippen molar-refractivity contribution in [2.75, 3.05) is 24.7 Å². The molecule has 1 spiro atoms. The maximum atomic E-state index is 14.3. The Balaban J connectivity index is 1.43. The van der Waals surface area contributed by atoms with Crippen molar-refractivity contribution in [1.82, 2.24) is 4.98 Å². The van der Waals surface area contributed by atoms with Crippen LogP contribution in [-0.2, 0) is 14.3 Å². The van der Waals surface area contributed by atoms with Crippen LogP contribution in [0.5, 0.6) is 0 Å². The second kappa shape index (κ2) is 10.2. The van der Waals surface area contributed by atoms with Crippen molar-refractivity contribution in [2.45, 2.75) is 64.1 Å². The van der Waals surface area contributed by atoms with Gasteiger partial charge in [0.2, 0.25) is 11.8 Å².